The molecule has 166 valence electrons. The van der Waals surface area contributed by atoms with Crippen LogP contribution >= 0.6 is 0 Å². The molecule has 0 aromatic heterocycles. The van der Waals surface area contributed by atoms with Gasteiger partial charge >= 0.3 is 0 Å². The molecule has 0 unspecified atom stereocenters. The zero-order chi connectivity index (χ0) is 22.2. The summed E-state index contributed by atoms with van der Waals surface area (Å²) in [5.41, 5.74) is 3.04. The van der Waals surface area contributed by atoms with E-state index in [1.165, 1.54) is 0 Å². The van der Waals surface area contributed by atoms with Crippen LogP contribution in [0.25, 0.3) is 0 Å². The highest BCUT2D eigenvalue weighted by atomic mass is 16.5. The van der Waals surface area contributed by atoms with E-state index in [2.05, 4.69) is 41.5 Å². The first-order valence-corrected chi connectivity index (χ1v) is 11.0. The minimum atomic E-state index is -0.100. The topological polar surface area (TPSA) is 70.7 Å². The number of hydrogen-bond donors (Lipinski definition) is 2. The number of carbonyl (C=O) groups is 2. The SMILES string of the molecule is Cc1ccc(C(C)C)c(OCC(=O)NC2CCN(CC(=O)Nc3ccccc3)CC2)c1. The largest absolute Gasteiger partial charge is 0.483 e. The number of likely N-dealkylation sites (tertiary alicyclic amines) is 1. The van der Waals surface area contributed by atoms with E-state index < -0.39 is 0 Å². The summed E-state index contributed by atoms with van der Waals surface area (Å²) in [4.78, 5) is 26.7. The maximum Gasteiger partial charge on any atom is 0.258 e. The molecular formula is C25H33N3O3. The van der Waals surface area contributed by atoms with E-state index in [4.69, 9.17) is 4.74 Å². The van der Waals surface area contributed by atoms with E-state index in [0.29, 0.717) is 12.5 Å². The zero-order valence-corrected chi connectivity index (χ0v) is 18.7. The molecule has 1 saturated heterocycles. The number of anilines is 1. The van der Waals surface area contributed by atoms with Gasteiger partial charge in [0, 0.05) is 24.8 Å². The summed E-state index contributed by atoms with van der Waals surface area (Å²) in [5, 5.41) is 5.99. The number of aryl methyl sites for hydroxylation is 1. The predicted octanol–water partition coefficient (Wildman–Crippen LogP) is 3.72. The second-order valence-electron chi connectivity index (χ2n) is 8.52. The molecule has 0 bridgehead atoms. The highest BCUT2D eigenvalue weighted by Gasteiger charge is 2.22. The molecule has 2 aromatic rings. The standard InChI is InChI=1S/C25H33N3O3/c1-18(2)22-10-9-19(3)15-23(22)31-17-25(30)27-21-11-13-28(14-12-21)16-24(29)26-20-7-5-4-6-8-20/h4-10,15,18,21H,11-14,16-17H2,1-3H3,(H,26,29)(H,27,30). The average molecular weight is 424 g/mol. The highest BCUT2D eigenvalue weighted by molar-refractivity contribution is 5.92. The van der Waals surface area contributed by atoms with Crippen LogP contribution in [-0.2, 0) is 9.59 Å². The summed E-state index contributed by atoms with van der Waals surface area (Å²) in [6.45, 7) is 8.20. The number of carbonyl (C=O) groups excluding carboxylic acids is 2. The van der Waals surface area contributed by atoms with Crippen molar-refractivity contribution in [2.75, 3.05) is 31.6 Å². The molecule has 2 aromatic carbocycles. The summed E-state index contributed by atoms with van der Waals surface area (Å²) >= 11 is 0. The zero-order valence-electron chi connectivity index (χ0n) is 18.7. The fraction of sp³-hybridized carbons (Fsp3) is 0.440. The lowest BCUT2D eigenvalue weighted by Crippen LogP contribution is -2.47. The molecule has 6 heteroatoms. The van der Waals surface area contributed by atoms with Crippen LogP contribution in [0.1, 0.15) is 43.7 Å². The molecule has 1 heterocycles. The van der Waals surface area contributed by atoms with E-state index in [0.717, 1.165) is 48.5 Å². The Morgan fingerprint density at radius 1 is 1.06 bits per heavy atom. The minimum absolute atomic E-state index is 0.0128. The van der Waals surface area contributed by atoms with Gasteiger partial charge in [0.2, 0.25) is 5.91 Å². The Morgan fingerprint density at radius 3 is 2.45 bits per heavy atom. The molecule has 0 aliphatic carbocycles. The number of amides is 2. The van der Waals surface area contributed by atoms with Crippen LogP contribution in [0.15, 0.2) is 48.5 Å². The van der Waals surface area contributed by atoms with Crippen LogP contribution < -0.4 is 15.4 Å². The van der Waals surface area contributed by atoms with Crippen LogP contribution in [-0.4, -0.2) is 49.0 Å². The van der Waals surface area contributed by atoms with Gasteiger partial charge in [-0.25, -0.2) is 0 Å². The van der Waals surface area contributed by atoms with Crippen LogP contribution in [0, 0.1) is 6.92 Å². The van der Waals surface area contributed by atoms with E-state index in [9.17, 15) is 9.59 Å². The smallest absolute Gasteiger partial charge is 0.258 e. The van der Waals surface area contributed by atoms with E-state index in [-0.39, 0.29) is 24.5 Å². The van der Waals surface area contributed by atoms with Crippen molar-refractivity contribution in [3.8, 4) is 5.75 Å². The van der Waals surface area contributed by atoms with Gasteiger partial charge in [0.15, 0.2) is 6.61 Å². The number of nitrogens with one attached hydrogen (secondary N) is 2. The average Bonchev–Trinajstić information content (AvgIpc) is 2.74. The van der Waals surface area contributed by atoms with Crippen molar-refractivity contribution in [2.24, 2.45) is 0 Å². The minimum Gasteiger partial charge on any atom is -0.483 e. The molecule has 6 nitrogen and oxygen atoms in total. The third-order valence-electron chi connectivity index (χ3n) is 5.53. The Hall–Kier alpha value is -2.86. The quantitative estimate of drug-likeness (QED) is 0.679. The first-order valence-electron chi connectivity index (χ1n) is 11.0. The molecule has 0 atom stereocenters. The van der Waals surface area contributed by atoms with Crippen molar-refractivity contribution in [1.29, 1.82) is 0 Å². The van der Waals surface area contributed by atoms with Crippen molar-refractivity contribution in [1.82, 2.24) is 10.2 Å². The van der Waals surface area contributed by atoms with Crippen molar-refractivity contribution >= 4 is 17.5 Å². The molecule has 0 radical (unpaired) electrons. The lowest BCUT2D eigenvalue weighted by molar-refractivity contribution is -0.124. The number of para-hydroxylation sites is 1. The van der Waals surface area contributed by atoms with Crippen LogP contribution in [0.4, 0.5) is 5.69 Å². The van der Waals surface area contributed by atoms with Gasteiger partial charge < -0.3 is 15.4 Å². The fourth-order valence-corrected chi connectivity index (χ4v) is 3.82. The Kier molecular flexibility index (Phi) is 8.06. The fourth-order valence-electron chi connectivity index (χ4n) is 3.82. The molecule has 1 aliphatic rings. The molecule has 3 rings (SSSR count). The maximum atomic E-state index is 12.4. The van der Waals surface area contributed by atoms with Gasteiger partial charge in [-0.3, -0.25) is 14.5 Å². The van der Waals surface area contributed by atoms with Gasteiger partial charge in [-0.1, -0.05) is 44.2 Å². The van der Waals surface area contributed by atoms with Crippen molar-refractivity contribution in [2.45, 2.75) is 45.6 Å². The highest BCUT2D eigenvalue weighted by Crippen LogP contribution is 2.27. The normalized spacial score (nSPS) is 15.0. The molecule has 31 heavy (non-hydrogen) atoms. The van der Waals surface area contributed by atoms with Crippen molar-refractivity contribution in [3.05, 3.63) is 59.7 Å². The van der Waals surface area contributed by atoms with Gasteiger partial charge in [-0.05, 0) is 55.0 Å². The molecule has 0 saturated carbocycles. The monoisotopic (exact) mass is 423 g/mol. The first-order chi connectivity index (χ1) is 14.9. The van der Waals surface area contributed by atoms with Gasteiger partial charge in [0.25, 0.3) is 5.91 Å². The van der Waals surface area contributed by atoms with Gasteiger partial charge in [-0.2, -0.15) is 0 Å². The number of ether oxygens (including phenoxy) is 1. The number of piperidine rings is 1. The van der Waals surface area contributed by atoms with E-state index >= 15 is 0 Å². The molecule has 2 amide bonds. The van der Waals surface area contributed by atoms with Crippen molar-refractivity contribution in [3.63, 3.8) is 0 Å². The second-order valence-corrected chi connectivity index (χ2v) is 8.52. The molecule has 1 fully saturated rings. The summed E-state index contributed by atoms with van der Waals surface area (Å²) < 4.78 is 5.84. The van der Waals surface area contributed by atoms with Crippen LogP contribution in [0.2, 0.25) is 0 Å². The maximum absolute atomic E-state index is 12.4. The molecule has 0 spiro atoms. The Bertz CT molecular complexity index is 875. The number of benzene rings is 2. The number of nitrogens with zero attached hydrogens (tertiary/aromatic N) is 1. The second kappa shape index (κ2) is 11.0. The summed E-state index contributed by atoms with van der Waals surface area (Å²) in [6, 6.07) is 15.7. The van der Waals surface area contributed by atoms with Crippen LogP contribution in [0.5, 0.6) is 5.75 Å². The first kappa shape index (κ1) is 22.8. The Labute approximate surface area is 185 Å². The van der Waals surface area contributed by atoms with Gasteiger partial charge in [-0.15, -0.1) is 0 Å². The third kappa shape index (κ3) is 7.10. The Morgan fingerprint density at radius 2 is 1.77 bits per heavy atom. The lowest BCUT2D eigenvalue weighted by Gasteiger charge is -2.31. The number of hydrogen-bond acceptors (Lipinski definition) is 4. The summed E-state index contributed by atoms with van der Waals surface area (Å²) in [5.74, 6) is 1.00. The third-order valence-corrected chi connectivity index (χ3v) is 5.53. The van der Waals surface area contributed by atoms with Crippen LogP contribution in [0.3, 0.4) is 0 Å². The van der Waals surface area contributed by atoms with E-state index in [1.54, 1.807) is 0 Å². The predicted molar refractivity (Wildman–Crippen MR) is 123 cm³/mol. The summed E-state index contributed by atoms with van der Waals surface area (Å²) in [6.07, 6.45) is 1.65. The molecule has 1 aliphatic heterocycles. The molecular weight excluding hydrogens is 390 g/mol. The lowest BCUT2D eigenvalue weighted by atomic mass is 10.0. The van der Waals surface area contributed by atoms with Crippen molar-refractivity contribution < 1.29 is 14.3 Å². The summed E-state index contributed by atoms with van der Waals surface area (Å²) in [7, 11) is 0. The number of rotatable bonds is 8. The Balaban J connectivity index is 1.39. The van der Waals surface area contributed by atoms with Gasteiger partial charge in [0.05, 0.1) is 6.54 Å². The van der Waals surface area contributed by atoms with Gasteiger partial charge in [0.1, 0.15) is 5.75 Å². The van der Waals surface area contributed by atoms with E-state index in [1.807, 2.05) is 43.3 Å². The molecule has 2 N–H and O–H groups in total.